The molecular formula is C30H26N2O7S. The lowest BCUT2D eigenvalue weighted by atomic mass is 10.1. The number of carboxylic acids is 1. The molecule has 0 aliphatic carbocycles. The number of methoxy groups -OCH3 is 2. The minimum atomic E-state index is -1.31. The van der Waals surface area contributed by atoms with Crippen molar-refractivity contribution in [1.29, 1.82) is 0 Å². The highest BCUT2D eigenvalue weighted by molar-refractivity contribution is 8.00. The molecule has 4 rings (SSSR count). The first-order valence-electron chi connectivity index (χ1n) is 12.0. The lowest BCUT2D eigenvalue weighted by Gasteiger charge is -2.18. The number of thioether (sulfide) groups is 1. The van der Waals surface area contributed by atoms with Crippen molar-refractivity contribution in [2.24, 2.45) is 0 Å². The molecule has 0 aliphatic rings. The normalized spacial score (nSPS) is 11.2. The summed E-state index contributed by atoms with van der Waals surface area (Å²) in [4.78, 5) is 38.5. The second-order valence-electron chi connectivity index (χ2n) is 8.45. The number of nitrogens with one attached hydrogen (secondary N) is 2. The molecule has 0 fully saturated rings. The number of aromatic hydroxyl groups is 1. The topological polar surface area (TPSA) is 134 Å². The van der Waals surface area contributed by atoms with E-state index in [0.717, 1.165) is 10.5 Å². The molecule has 10 heteroatoms. The summed E-state index contributed by atoms with van der Waals surface area (Å²) >= 11 is 1.29. The Kier molecular flexibility index (Phi) is 8.93. The number of ether oxygens (including phenoxy) is 2. The van der Waals surface area contributed by atoms with Crippen LogP contribution in [0.4, 0.5) is 11.4 Å². The van der Waals surface area contributed by atoms with Crippen LogP contribution >= 0.6 is 11.8 Å². The van der Waals surface area contributed by atoms with Crippen LogP contribution in [-0.2, 0) is 4.79 Å². The van der Waals surface area contributed by atoms with Crippen LogP contribution in [0.5, 0.6) is 17.2 Å². The van der Waals surface area contributed by atoms with E-state index in [1.807, 2.05) is 30.3 Å². The third-order valence-electron chi connectivity index (χ3n) is 5.86. The van der Waals surface area contributed by atoms with E-state index < -0.39 is 22.9 Å². The van der Waals surface area contributed by atoms with Gasteiger partial charge in [-0.15, -0.1) is 11.8 Å². The van der Waals surface area contributed by atoms with Crippen molar-refractivity contribution >= 4 is 40.9 Å². The van der Waals surface area contributed by atoms with Crippen molar-refractivity contribution in [3.05, 3.63) is 108 Å². The summed E-state index contributed by atoms with van der Waals surface area (Å²) in [6.45, 7) is 0. The van der Waals surface area contributed by atoms with E-state index in [0.29, 0.717) is 17.2 Å². The predicted molar refractivity (Wildman–Crippen MR) is 153 cm³/mol. The zero-order chi connectivity index (χ0) is 28.6. The molecule has 0 saturated carbocycles. The van der Waals surface area contributed by atoms with Gasteiger partial charge in [0.15, 0.2) is 0 Å². The second-order valence-corrected chi connectivity index (χ2v) is 9.63. The summed E-state index contributed by atoms with van der Waals surface area (Å²) in [6, 6.07) is 25.1. The van der Waals surface area contributed by atoms with E-state index >= 15 is 0 Å². The van der Waals surface area contributed by atoms with E-state index in [1.54, 1.807) is 42.5 Å². The average molecular weight is 559 g/mol. The van der Waals surface area contributed by atoms with Crippen molar-refractivity contribution in [3.8, 4) is 17.2 Å². The summed E-state index contributed by atoms with van der Waals surface area (Å²) in [5, 5.41) is 24.0. The molecule has 0 aromatic heterocycles. The maximum Gasteiger partial charge on any atom is 0.339 e. The molecule has 4 aromatic carbocycles. The number of hydrogen-bond donors (Lipinski definition) is 4. The van der Waals surface area contributed by atoms with E-state index in [9.17, 15) is 24.6 Å². The van der Waals surface area contributed by atoms with E-state index in [4.69, 9.17) is 9.47 Å². The van der Waals surface area contributed by atoms with Gasteiger partial charge < -0.3 is 30.3 Å². The quantitative estimate of drug-likeness (QED) is 0.141. The summed E-state index contributed by atoms with van der Waals surface area (Å²) in [5.41, 5.74) is 1.47. The Labute approximate surface area is 234 Å². The van der Waals surface area contributed by atoms with E-state index in [2.05, 4.69) is 10.6 Å². The Hall–Kier alpha value is -4.96. The fourth-order valence-corrected chi connectivity index (χ4v) is 4.94. The summed E-state index contributed by atoms with van der Waals surface area (Å²) in [7, 11) is 2.95. The molecule has 40 heavy (non-hydrogen) atoms. The van der Waals surface area contributed by atoms with E-state index in [-0.39, 0.29) is 22.7 Å². The molecule has 0 aliphatic heterocycles. The minimum absolute atomic E-state index is 0.242. The number of phenols is 1. The summed E-state index contributed by atoms with van der Waals surface area (Å²) < 4.78 is 10.6. The zero-order valence-electron chi connectivity index (χ0n) is 21.6. The van der Waals surface area contributed by atoms with Crippen LogP contribution in [-0.4, -0.2) is 42.2 Å². The first-order valence-corrected chi connectivity index (χ1v) is 12.9. The number of carboxylic acid groups (broad SMARTS) is 1. The fourth-order valence-electron chi connectivity index (χ4n) is 3.92. The minimum Gasteiger partial charge on any atom is -0.507 e. The molecule has 0 saturated heterocycles. The van der Waals surface area contributed by atoms with Crippen molar-refractivity contribution in [3.63, 3.8) is 0 Å². The van der Waals surface area contributed by atoms with Crippen LogP contribution in [0, 0.1) is 0 Å². The molecule has 0 heterocycles. The molecule has 4 aromatic rings. The fraction of sp³-hybridized carbons (Fsp3) is 0.100. The number of anilines is 2. The molecule has 4 N–H and O–H groups in total. The highest BCUT2D eigenvalue weighted by Gasteiger charge is 2.23. The summed E-state index contributed by atoms with van der Waals surface area (Å²) in [5.74, 6) is -1.71. The van der Waals surface area contributed by atoms with Gasteiger partial charge in [0.2, 0.25) is 5.91 Å². The van der Waals surface area contributed by atoms with Gasteiger partial charge in [0, 0.05) is 16.3 Å². The first-order chi connectivity index (χ1) is 19.3. The molecule has 9 nitrogen and oxygen atoms in total. The SMILES string of the molecule is COc1cccc(OC)c1C(=O)Nc1ccc(SC(C(=O)Nc2ccc(O)c(C(=O)O)c2)c2ccccc2)cc1. The highest BCUT2D eigenvalue weighted by Crippen LogP contribution is 2.37. The van der Waals surface area contributed by atoms with Crippen LogP contribution in [0.25, 0.3) is 0 Å². The zero-order valence-corrected chi connectivity index (χ0v) is 22.4. The number of benzene rings is 4. The van der Waals surface area contributed by atoms with Crippen LogP contribution in [0.2, 0.25) is 0 Å². The predicted octanol–water partition coefficient (Wildman–Crippen LogP) is 5.83. The molecule has 2 amide bonds. The van der Waals surface area contributed by atoms with Gasteiger partial charge in [0.1, 0.15) is 33.6 Å². The number of rotatable bonds is 10. The Morgan fingerprint density at radius 3 is 2.00 bits per heavy atom. The lowest BCUT2D eigenvalue weighted by molar-refractivity contribution is -0.115. The molecule has 1 unspecified atom stereocenters. The van der Waals surface area contributed by atoms with Crippen molar-refractivity contribution in [1.82, 2.24) is 0 Å². The number of aromatic carboxylic acids is 1. The van der Waals surface area contributed by atoms with Crippen molar-refractivity contribution in [2.75, 3.05) is 24.9 Å². The molecule has 0 radical (unpaired) electrons. The standard InChI is InChI=1S/C30H26N2O7S/c1-38-24-9-6-10-25(39-2)26(24)28(34)31-19-11-14-21(15-12-19)40-27(18-7-4-3-5-8-18)29(35)32-20-13-16-23(33)22(17-20)30(36)37/h3-17,27,33H,1-2H3,(H,31,34)(H,32,35)(H,36,37). The maximum absolute atomic E-state index is 13.4. The van der Waals surface area contributed by atoms with Gasteiger partial charge >= 0.3 is 5.97 Å². The van der Waals surface area contributed by atoms with Gasteiger partial charge in [-0.3, -0.25) is 9.59 Å². The van der Waals surface area contributed by atoms with Gasteiger partial charge in [-0.25, -0.2) is 4.79 Å². The largest absolute Gasteiger partial charge is 0.507 e. The Morgan fingerprint density at radius 1 is 0.775 bits per heavy atom. The van der Waals surface area contributed by atoms with Crippen molar-refractivity contribution < 1.29 is 34.1 Å². The van der Waals surface area contributed by atoms with Crippen LogP contribution < -0.4 is 20.1 Å². The molecular weight excluding hydrogens is 532 g/mol. The third kappa shape index (κ3) is 6.54. The number of hydrogen-bond acceptors (Lipinski definition) is 7. The van der Waals surface area contributed by atoms with E-state index in [1.165, 1.54) is 44.2 Å². The molecule has 1 atom stereocenters. The molecule has 204 valence electrons. The number of carbonyl (C=O) groups excluding carboxylic acids is 2. The van der Waals surface area contributed by atoms with Gasteiger partial charge in [0.25, 0.3) is 5.91 Å². The Morgan fingerprint density at radius 2 is 1.40 bits per heavy atom. The second kappa shape index (κ2) is 12.7. The van der Waals surface area contributed by atoms with Crippen LogP contribution in [0.15, 0.2) is 95.9 Å². The number of carbonyl (C=O) groups is 3. The van der Waals surface area contributed by atoms with Gasteiger partial charge in [-0.1, -0.05) is 36.4 Å². The summed E-state index contributed by atoms with van der Waals surface area (Å²) in [6.07, 6.45) is 0. The van der Waals surface area contributed by atoms with Gasteiger partial charge in [-0.05, 0) is 60.2 Å². The Balaban J connectivity index is 1.53. The smallest absolute Gasteiger partial charge is 0.339 e. The molecule has 0 bridgehead atoms. The third-order valence-corrected chi connectivity index (χ3v) is 7.12. The Bertz CT molecular complexity index is 1500. The number of amides is 2. The monoisotopic (exact) mass is 558 g/mol. The van der Waals surface area contributed by atoms with Crippen LogP contribution in [0.1, 0.15) is 31.5 Å². The first kappa shape index (κ1) is 28.1. The average Bonchev–Trinajstić information content (AvgIpc) is 2.97. The lowest BCUT2D eigenvalue weighted by Crippen LogP contribution is -2.19. The highest BCUT2D eigenvalue weighted by atomic mass is 32.2. The van der Waals surface area contributed by atoms with Crippen molar-refractivity contribution in [2.45, 2.75) is 10.1 Å². The van der Waals surface area contributed by atoms with Crippen LogP contribution in [0.3, 0.4) is 0 Å². The molecule has 0 spiro atoms. The maximum atomic E-state index is 13.4. The van der Waals surface area contributed by atoms with Gasteiger partial charge in [0.05, 0.1) is 14.2 Å². The van der Waals surface area contributed by atoms with Gasteiger partial charge in [-0.2, -0.15) is 0 Å².